The third-order valence-corrected chi connectivity index (χ3v) is 5.75. The van der Waals surface area contributed by atoms with E-state index in [1.807, 2.05) is 6.07 Å². The molecule has 0 saturated carbocycles. The van der Waals surface area contributed by atoms with Gasteiger partial charge in [-0.1, -0.05) is 18.2 Å². The maximum atomic E-state index is 14.6. The number of morpholine rings is 1. The monoisotopic (exact) mass is 347 g/mol. The molecular weight excluding hydrogens is 321 g/mol. The molecule has 3 heterocycles. The first-order chi connectivity index (χ1) is 12.3. The summed E-state index contributed by atoms with van der Waals surface area (Å²) in [6, 6.07) is 6.67. The molecule has 25 heavy (non-hydrogen) atoms. The highest BCUT2D eigenvalue weighted by molar-refractivity contribution is 5.84. The minimum absolute atomic E-state index is 0.0585. The van der Waals surface area contributed by atoms with E-state index in [0.29, 0.717) is 31.9 Å². The van der Waals surface area contributed by atoms with Crippen molar-refractivity contribution in [3.05, 3.63) is 35.6 Å². The molecule has 1 N–H and O–H groups in total. The van der Waals surface area contributed by atoms with E-state index in [0.717, 1.165) is 32.4 Å². The molecule has 4 rings (SSSR count). The van der Waals surface area contributed by atoms with Crippen molar-refractivity contribution in [2.75, 3.05) is 39.4 Å². The van der Waals surface area contributed by atoms with Gasteiger partial charge in [-0.2, -0.15) is 0 Å². The lowest BCUT2D eigenvalue weighted by atomic mass is 10.0. The fourth-order valence-electron chi connectivity index (χ4n) is 4.50. The molecule has 3 fully saturated rings. The second kappa shape index (κ2) is 7.40. The van der Waals surface area contributed by atoms with Crippen LogP contribution in [0, 0.1) is 5.82 Å². The normalized spacial score (nSPS) is 28.6. The lowest BCUT2D eigenvalue weighted by Gasteiger charge is -2.38. The molecule has 2 bridgehead atoms. The average Bonchev–Trinajstić information content (AvgIpc) is 2.90. The quantitative estimate of drug-likeness (QED) is 0.901. The van der Waals surface area contributed by atoms with Crippen LogP contribution in [0.1, 0.15) is 30.9 Å². The van der Waals surface area contributed by atoms with E-state index < -0.39 is 6.04 Å². The Morgan fingerprint density at radius 1 is 1.16 bits per heavy atom. The van der Waals surface area contributed by atoms with Gasteiger partial charge < -0.3 is 15.0 Å². The number of halogens is 1. The summed E-state index contributed by atoms with van der Waals surface area (Å²) in [7, 11) is 0. The Bertz CT molecular complexity index is 606. The smallest absolute Gasteiger partial charge is 0.245 e. The van der Waals surface area contributed by atoms with Crippen LogP contribution in [0.4, 0.5) is 4.39 Å². The standard InChI is InChI=1S/C19H26FN3O2/c20-17-4-2-1-3-16(17)18(22-9-11-25-12-10-22)19(24)23-14-5-6-15(23)13-21-8-7-14/h1-4,14-15,18,21H,5-13H2. The molecule has 3 saturated heterocycles. The molecule has 1 amide bonds. The Morgan fingerprint density at radius 2 is 1.92 bits per heavy atom. The number of carbonyl (C=O) groups excluding carboxylic acids is 1. The van der Waals surface area contributed by atoms with Crippen molar-refractivity contribution in [1.29, 1.82) is 0 Å². The molecular formula is C19H26FN3O2. The van der Waals surface area contributed by atoms with Crippen LogP contribution in [-0.2, 0) is 9.53 Å². The van der Waals surface area contributed by atoms with Gasteiger partial charge in [0.1, 0.15) is 11.9 Å². The van der Waals surface area contributed by atoms with Crippen molar-refractivity contribution in [2.24, 2.45) is 0 Å². The van der Waals surface area contributed by atoms with Gasteiger partial charge in [0.2, 0.25) is 5.91 Å². The third kappa shape index (κ3) is 3.30. The highest BCUT2D eigenvalue weighted by Crippen LogP contribution is 2.34. The zero-order valence-electron chi connectivity index (χ0n) is 14.5. The summed E-state index contributed by atoms with van der Waals surface area (Å²) < 4.78 is 20.0. The molecule has 136 valence electrons. The topological polar surface area (TPSA) is 44.8 Å². The number of nitrogens with zero attached hydrogens (tertiary/aromatic N) is 2. The summed E-state index contributed by atoms with van der Waals surface area (Å²) in [6.07, 6.45) is 3.08. The van der Waals surface area contributed by atoms with Gasteiger partial charge in [0, 0.05) is 37.3 Å². The van der Waals surface area contributed by atoms with Crippen LogP contribution in [0.5, 0.6) is 0 Å². The predicted octanol–water partition coefficient (Wildman–Crippen LogP) is 1.55. The highest BCUT2D eigenvalue weighted by Gasteiger charge is 2.43. The molecule has 3 unspecified atom stereocenters. The zero-order chi connectivity index (χ0) is 17.2. The Labute approximate surface area is 148 Å². The van der Waals surface area contributed by atoms with E-state index >= 15 is 0 Å². The highest BCUT2D eigenvalue weighted by atomic mass is 19.1. The molecule has 3 aliphatic heterocycles. The maximum Gasteiger partial charge on any atom is 0.245 e. The Balaban J connectivity index is 1.67. The van der Waals surface area contributed by atoms with Crippen molar-refractivity contribution < 1.29 is 13.9 Å². The first-order valence-corrected chi connectivity index (χ1v) is 9.35. The van der Waals surface area contributed by atoms with Gasteiger partial charge in [-0.25, -0.2) is 4.39 Å². The molecule has 3 atom stereocenters. The predicted molar refractivity (Wildman–Crippen MR) is 92.7 cm³/mol. The van der Waals surface area contributed by atoms with Gasteiger partial charge in [0.05, 0.1) is 13.2 Å². The van der Waals surface area contributed by atoms with Crippen LogP contribution in [0.25, 0.3) is 0 Å². The summed E-state index contributed by atoms with van der Waals surface area (Å²) in [5.74, 6) is -0.240. The van der Waals surface area contributed by atoms with Gasteiger partial charge in [-0.05, 0) is 31.9 Å². The number of carbonyl (C=O) groups is 1. The summed E-state index contributed by atoms with van der Waals surface area (Å²) in [6.45, 7) is 4.29. The molecule has 0 radical (unpaired) electrons. The van der Waals surface area contributed by atoms with Crippen molar-refractivity contribution in [1.82, 2.24) is 15.1 Å². The first kappa shape index (κ1) is 16.9. The Morgan fingerprint density at radius 3 is 2.72 bits per heavy atom. The van der Waals surface area contributed by atoms with Crippen LogP contribution >= 0.6 is 0 Å². The number of benzene rings is 1. The molecule has 0 aliphatic carbocycles. The van der Waals surface area contributed by atoms with E-state index in [1.54, 1.807) is 12.1 Å². The maximum absolute atomic E-state index is 14.6. The molecule has 1 aromatic carbocycles. The van der Waals surface area contributed by atoms with Crippen molar-refractivity contribution in [3.8, 4) is 0 Å². The number of fused-ring (bicyclic) bond motifs is 2. The fraction of sp³-hybridized carbons (Fsp3) is 0.632. The summed E-state index contributed by atoms with van der Waals surface area (Å²) in [4.78, 5) is 17.8. The molecule has 5 nitrogen and oxygen atoms in total. The molecule has 0 aromatic heterocycles. The Hall–Kier alpha value is -1.50. The van der Waals surface area contributed by atoms with Crippen molar-refractivity contribution >= 4 is 5.91 Å². The van der Waals surface area contributed by atoms with Crippen LogP contribution < -0.4 is 5.32 Å². The number of rotatable bonds is 3. The summed E-state index contributed by atoms with van der Waals surface area (Å²) in [5.41, 5.74) is 0.492. The van der Waals surface area contributed by atoms with Gasteiger partial charge in [0.15, 0.2) is 0 Å². The lowest BCUT2D eigenvalue weighted by molar-refractivity contribution is -0.142. The third-order valence-electron chi connectivity index (χ3n) is 5.75. The van der Waals surface area contributed by atoms with Crippen molar-refractivity contribution in [2.45, 2.75) is 37.4 Å². The minimum Gasteiger partial charge on any atom is -0.379 e. The van der Waals surface area contributed by atoms with Crippen LogP contribution in [0.15, 0.2) is 24.3 Å². The number of amides is 1. The van der Waals surface area contributed by atoms with Gasteiger partial charge in [-0.15, -0.1) is 0 Å². The largest absolute Gasteiger partial charge is 0.379 e. The average molecular weight is 347 g/mol. The number of hydrogen-bond acceptors (Lipinski definition) is 4. The van der Waals surface area contributed by atoms with Crippen LogP contribution in [0.3, 0.4) is 0 Å². The number of ether oxygens (including phenoxy) is 1. The van der Waals surface area contributed by atoms with E-state index in [9.17, 15) is 9.18 Å². The van der Waals surface area contributed by atoms with E-state index in [1.165, 1.54) is 6.07 Å². The van der Waals surface area contributed by atoms with Crippen LogP contribution in [-0.4, -0.2) is 67.2 Å². The number of nitrogens with one attached hydrogen (secondary N) is 1. The van der Waals surface area contributed by atoms with Crippen molar-refractivity contribution in [3.63, 3.8) is 0 Å². The zero-order valence-corrected chi connectivity index (χ0v) is 14.5. The molecule has 1 aromatic rings. The van der Waals surface area contributed by atoms with E-state index in [-0.39, 0.29) is 23.8 Å². The van der Waals surface area contributed by atoms with E-state index in [2.05, 4.69) is 15.1 Å². The summed E-state index contributed by atoms with van der Waals surface area (Å²) >= 11 is 0. The van der Waals surface area contributed by atoms with E-state index in [4.69, 9.17) is 4.74 Å². The fourth-order valence-corrected chi connectivity index (χ4v) is 4.50. The molecule has 0 spiro atoms. The lowest BCUT2D eigenvalue weighted by Crippen LogP contribution is -2.51. The van der Waals surface area contributed by atoms with Gasteiger partial charge in [-0.3, -0.25) is 9.69 Å². The number of hydrogen-bond donors (Lipinski definition) is 1. The SMILES string of the molecule is O=C(C(c1ccccc1F)N1CCOCC1)N1C2CCNCC1CC2. The van der Waals surface area contributed by atoms with Gasteiger partial charge in [0.25, 0.3) is 0 Å². The Kier molecular flexibility index (Phi) is 5.01. The molecule has 3 aliphatic rings. The van der Waals surface area contributed by atoms with Gasteiger partial charge >= 0.3 is 0 Å². The second-order valence-electron chi connectivity index (χ2n) is 7.20. The second-order valence-corrected chi connectivity index (χ2v) is 7.20. The molecule has 6 heteroatoms. The van der Waals surface area contributed by atoms with Crippen LogP contribution in [0.2, 0.25) is 0 Å². The summed E-state index contributed by atoms with van der Waals surface area (Å²) in [5, 5.41) is 3.43. The first-order valence-electron chi connectivity index (χ1n) is 9.35. The minimum atomic E-state index is -0.550.